The molecule has 2 unspecified atom stereocenters. The summed E-state index contributed by atoms with van der Waals surface area (Å²) < 4.78 is 5.61. The predicted molar refractivity (Wildman–Crippen MR) is 71.6 cm³/mol. The molecular weight excluding hydrogens is 226 g/mol. The van der Waals surface area contributed by atoms with Gasteiger partial charge in [-0.2, -0.15) is 0 Å². The van der Waals surface area contributed by atoms with Crippen molar-refractivity contribution in [3.05, 3.63) is 30.5 Å². The Morgan fingerprint density at radius 3 is 3.00 bits per heavy atom. The summed E-state index contributed by atoms with van der Waals surface area (Å²) in [6.45, 7) is 5.03. The van der Waals surface area contributed by atoms with Gasteiger partial charge in [0.2, 0.25) is 5.95 Å². The van der Waals surface area contributed by atoms with E-state index in [4.69, 9.17) is 4.74 Å². The molecule has 2 aromatic rings. The molecule has 2 atom stereocenters. The summed E-state index contributed by atoms with van der Waals surface area (Å²) in [4.78, 5) is 8.91. The predicted octanol–water partition coefficient (Wildman–Crippen LogP) is 2.61. The quantitative estimate of drug-likeness (QED) is 0.880. The molecule has 4 nitrogen and oxygen atoms in total. The van der Waals surface area contributed by atoms with E-state index in [1.54, 1.807) is 0 Å². The number of ether oxygens (including phenoxy) is 1. The minimum Gasteiger partial charge on any atom is -0.376 e. The normalized spacial score (nSPS) is 27.6. The van der Waals surface area contributed by atoms with Crippen molar-refractivity contribution in [1.82, 2.24) is 9.97 Å². The molecule has 1 aromatic heterocycles. The van der Waals surface area contributed by atoms with Gasteiger partial charge in [0, 0.05) is 18.2 Å². The van der Waals surface area contributed by atoms with E-state index in [9.17, 15) is 0 Å². The van der Waals surface area contributed by atoms with Crippen molar-refractivity contribution in [1.29, 1.82) is 0 Å². The molecule has 1 aliphatic rings. The highest BCUT2D eigenvalue weighted by atomic mass is 16.5. The van der Waals surface area contributed by atoms with E-state index < -0.39 is 0 Å². The number of anilines is 1. The van der Waals surface area contributed by atoms with Crippen LogP contribution in [-0.2, 0) is 4.74 Å². The van der Waals surface area contributed by atoms with E-state index in [0.29, 0.717) is 5.95 Å². The van der Waals surface area contributed by atoms with E-state index in [1.165, 1.54) is 0 Å². The van der Waals surface area contributed by atoms with Gasteiger partial charge in [-0.15, -0.1) is 0 Å². The van der Waals surface area contributed by atoms with Crippen molar-refractivity contribution in [3.8, 4) is 0 Å². The molecule has 0 aliphatic carbocycles. The lowest BCUT2D eigenvalue weighted by molar-refractivity contribution is 0.105. The minimum atomic E-state index is -0.0809. The van der Waals surface area contributed by atoms with Gasteiger partial charge in [0.1, 0.15) is 0 Å². The molecule has 0 saturated carbocycles. The topological polar surface area (TPSA) is 47.0 Å². The summed E-state index contributed by atoms with van der Waals surface area (Å²) in [7, 11) is 0. The third kappa shape index (κ3) is 1.93. The molecule has 2 heterocycles. The number of hydrogen-bond acceptors (Lipinski definition) is 4. The second kappa shape index (κ2) is 4.21. The summed E-state index contributed by atoms with van der Waals surface area (Å²) in [6.07, 6.45) is 3.01. The molecule has 4 heteroatoms. The lowest BCUT2D eigenvalue weighted by atomic mass is 9.95. The van der Waals surface area contributed by atoms with Crippen molar-refractivity contribution in [3.63, 3.8) is 0 Å². The van der Waals surface area contributed by atoms with E-state index in [2.05, 4.69) is 29.1 Å². The average molecular weight is 243 g/mol. The molecule has 1 aliphatic heterocycles. The van der Waals surface area contributed by atoms with Gasteiger partial charge in [0.15, 0.2) is 0 Å². The number of para-hydroxylation sites is 1. The lowest BCUT2D eigenvalue weighted by Crippen LogP contribution is -2.41. The molecule has 0 bridgehead atoms. The number of aromatic nitrogens is 2. The van der Waals surface area contributed by atoms with Crippen LogP contribution in [-0.4, -0.2) is 28.2 Å². The number of fused-ring (bicyclic) bond motifs is 1. The molecule has 3 rings (SSSR count). The van der Waals surface area contributed by atoms with Crippen molar-refractivity contribution in [2.24, 2.45) is 0 Å². The zero-order chi connectivity index (χ0) is 12.6. The van der Waals surface area contributed by atoms with Crippen LogP contribution in [0.4, 0.5) is 5.95 Å². The van der Waals surface area contributed by atoms with Crippen LogP contribution >= 0.6 is 0 Å². The van der Waals surface area contributed by atoms with E-state index in [0.717, 1.165) is 23.9 Å². The first-order chi connectivity index (χ1) is 8.67. The van der Waals surface area contributed by atoms with Crippen molar-refractivity contribution < 1.29 is 4.74 Å². The molecule has 0 radical (unpaired) electrons. The second-order valence-corrected chi connectivity index (χ2v) is 5.06. The van der Waals surface area contributed by atoms with Crippen LogP contribution in [0.1, 0.15) is 20.3 Å². The van der Waals surface area contributed by atoms with Crippen molar-refractivity contribution in [2.75, 3.05) is 11.9 Å². The largest absolute Gasteiger partial charge is 0.376 e. The van der Waals surface area contributed by atoms with Gasteiger partial charge in [-0.25, -0.2) is 9.97 Å². The summed E-state index contributed by atoms with van der Waals surface area (Å²) in [5.74, 6) is 0.675. The summed E-state index contributed by atoms with van der Waals surface area (Å²) >= 11 is 0. The highest BCUT2D eigenvalue weighted by Gasteiger charge is 2.37. The maximum atomic E-state index is 5.61. The summed E-state index contributed by atoms with van der Waals surface area (Å²) in [5.41, 5.74) is 0.882. The molecule has 1 fully saturated rings. The Hall–Kier alpha value is -1.68. The first-order valence-electron chi connectivity index (χ1n) is 6.29. The van der Waals surface area contributed by atoms with E-state index in [-0.39, 0.29) is 11.6 Å². The molecule has 1 N–H and O–H groups in total. The van der Waals surface area contributed by atoms with Gasteiger partial charge in [-0.05, 0) is 26.3 Å². The van der Waals surface area contributed by atoms with Gasteiger partial charge in [0.05, 0.1) is 17.2 Å². The number of nitrogens with one attached hydrogen (secondary N) is 1. The maximum absolute atomic E-state index is 5.61. The minimum absolute atomic E-state index is 0.0809. The molecule has 0 amide bonds. The number of hydrogen-bond donors (Lipinski definition) is 1. The van der Waals surface area contributed by atoms with Crippen LogP contribution in [0.15, 0.2) is 30.5 Å². The van der Waals surface area contributed by atoms with Crippen molar-refractivity contribution >= 4 is 16.9 Å². The fraction of sp³-hybridized carbons (Fsp3) is 0.429. The Balaban J connectivity index is 1.91. The van der Waals surface area contributed by atoms with Gasteiger partial charge < -0.3 is 10.1 Å². The molecule has 1 aromatic carbocycles. The summed E-state index contributed by atoms with van der Waals surface area (Å²) in [5, 5.41) is 4.47. The van der Waals surface area contributed by atoms with E-state index in [1.807, 2.05) is 30.5 Å². The van der Waals surface area contributed by atoms with Gasteiger partial charge >= 0.3 is 0 Å². The smallest absolute Gasteiger partial charge is 0.223 e. The van der Waals surface area contributed by atoms with Crippen LogP contribution in [0.5, 0.6) is 0 Å². The molecule has 0 spiro atoms. The zero-order valence-corrected chi connectivity index (χ0v) is 10.7. The average Bonchev–Trinajstić information content (AvgIpc) is 2.69. The Labute approximate surface area is 106 Å². The standard InChI is InChI=1S/C14H17N3O/c1-10-14(2,7-8-18-10)17-13-15-9-11-5-3-4-6-12(11)16-13/h3-6,9-10H,7-8H2,1-2H3,(H,15,16,17). The first kappa shape index (κ1) is 11.4. The van der Waals surface area contributed by atoms with Gasteiger partial charge in [-0.1, -0.05) is 18.2 Å². The highest BCUT2D eigenvalue weighted by molar-refractivity contribution is 5.78. The van der Waals surface area contributed by atoms with Gasteiger partial charge in [0.25, 0.3) is 0 Å². The Morgan fingerprint density at radius 2 is 2.22 bits per heavy atom. The number of nitrogens with zero attached hydrogens (tertiary/aromatic N) is 2. The second-order valence-electron chi connectivity index (χ2n) is 5.06. The number of rotatable bonds is 2. The van der Waals surface area contributed by atoms with Crippen LogP contribution in [0.3, 0.4) is 0 Å². The van der Waals surface area contributed by atoms with Crippen LogP contribution in [0.25, 0.3) is 10.9 Å². The fourth-order valence-electron chi connectivity index (χ4n) is 2.29. The van der Waals surface area contributed by atoms with Crippen LogP contribution in [0, 0.1) is 0 Å². The maximum Gasteiger partial charge on any atom is 0.223 e. The van der Waals surface area contributed by atoms with Gasteiger partial charge in [-0.3, -0.25) is 0 Å². The zero-order valence-electron chi connectivity index (χ0n) is 10.7. The van der Waals surface area contributed by atoms with Crippen LogP contribution < -0.4 is 5.32 Å². The Morgan fingerprint density at radius 1 is 1.39 bits per heavy atom. The number of benzene rings is 1. The molecule has 1 saturated heterocycles. The van der Waals surface area contributed by atoms with Crippen molar-refractivity contribution in [2.45, 2.75) is 31.9 Å². The van der Waals surface area contributed by atoms with Crippen LogP contribution in [0.2, 0.25) is 0 Å². The molecule has 94 valence electrons. The molecular formula is C14H17N3O. The highest BCUT2D eigenvalue weighted by Crippen LogP contribution is 2.28. The molecule has 18 heavy (non-hydrogen) atoms. The monoisotopic (exact) mass is 243 g/mol. The fourth-order valence-corrected chi connectivity index (χ4v) is 2.29. The Bertz CT molecular complexity index is 572. The van der Waals surface area contributed by atoms with E-state index >= 15 is 0 Å². The third-order valence-electron chi connectivity index (χ3n) is 3.77. The summed E-state index contributed by atoms with van der Waals surface area (Å²) in [6, 6.07) is 8.00. The third-order valence-corrected chi connectivity index (χ3v) is 3.77. The lowest BCUT2D eigenvalue weighted by Gasteiger charge is -2.28. The first-order valence-corrected chi connectivity index (χ1v) is 6.29. The SMILES string of the molecule is CC1OCCC1(C)Nc1ncc2ccccc2n1. The Kier molecular flexibility index (Phi) is 2.67.